The number of nitrogens with zero attached hydrogens (tertiary/aromatic N) is 2. The summed E-state index contributed by atoms with van der Waals surface area (Å²) in [6.07, 6.45) is 0. The number of amides is 2. The Hall–Kier alpha value is -3.71. The van der Waals surface area contributed by atoms with Crippen LogP contribution in [0.3, 0.4) is 0 Å². The molecule has 2 amide bonds. The van der Waals surface area contributed by atoms with Gasteiger partial charge in [0.25, 0.3) is 11.8 Å². The summed E-state index contributed by atoms with van der Waals surface area (Å²) in [6.45, 7) is 2.12. The topological polar surface area (TPSA) is 68.3 Å². The van der Waals surface area contributed by atoms with Crippen LogP contribution in [0.5, 0.6) is 17.2 Å². The minimum Gasteiger partial charge on any atom is -0.497 e. The van der Waals surface area contributed by atoms with Crippen molar-refractivity contribution in [1.82, 2.24) is 9.80 Å². The minimum absolute atomic E-state index is 0.0895. The van der Waals surface area contributed by atoms with Crippen molar-refractivity contribution in [2.45, 2.75) is 6.61 Å². The van der Waals surface area contributed by atoms with Gasteiger partial charge in [-0.3, -0.25) is 9.59 Å². The average molecular weight is 495 g/mol. The molecule has 182 valence electrons. The van der Waals surface area contributed by atoms with Gasteiger partial charge in [-0.1, -0.05) is 29.8 Å². The highest BCUT2D eigenvalue weighted by molar-refractivity contribution is 6.30. The average Bonchev–Trinajstić information content (AvgIpc) is 2.91. The molecule has 1 saturated heterocycles. The normalized spacial score (nSPS) is 13.3. The van der Waals surface area contributed by atoms with Crippen molar-refractivity contribution >= 4 is 23.4 Å². The van der Waals surface area contributed by atoms with Gasteiger partial charge in [-0.05, 0) is 48.0 Å². The molecular formula is C27H27ClN2O5. The first-order valence-corrected chi connectivity index (χ1v) is 11.6. The Balaban J connectivity index is 1.36. The van der Waals surface area contributed by atoms with E-state index in [1.165, 1.54) is 0 Å². The third-order valence-corrected chi connectivity index (χ3v) is 6.06. The summed E-state index contributed by atoms with van der Waals surface area (Å²) in [6, 6.07) is 19.7. The van der Waals surface area contributed by atoms with Crippen LogP contribution in [0.1, 0.15) is 26.3 Å². The fourth-order valence-electron chi connectivity index (χ4n) is 3.92. The van der Waals surface area contributed by atoms with Crippen LogP contribution in [-0.4, -0.2) is 62.0 Å². The lowest BCUT2D eigenvalue weighted by molar-refractivity contribution is 0.0535. The van der Waals surface area contributed by atoms with Crippen LogP contribution in [0.15, 0.2) is 66.7 Å². The summed E-state index contributed by atoms with van der Waals surface area (Å²) in [4.78, 5) is 29.6. The molecule has 0 saturated carbocycles. The zero-order valence-corrected chi connectivity index (χ0v) is 20.5. The third kappa shape index (κ3) is 6.05. The summed E-state index contributed by atoms with van der Waals surface area (Å²) < 4.78 is 16.4. The molecule has 0 N–H and O–H groups in total. The lowest BCUT2D eigenvalue weighted by Gasteiger charge is -2.35. The second kappa shape index (κ2) is 11.1. The van der Waals surface area contributed by atoms with Crippen molar-refractivity contribution in [3.05, 3.63) is 88.4 Å². The largest absolute Gasteiger partial charge is 0.497 e. The Labute approximate surface area is 209 Å². The lowest BCUT2D eigenvalue weighted by Crippen LogP contribution is -2.50. The fourth-order valence-corrected chi connectivity index (χ4v) is 4.13. The summed E-state index contributed by atoms with van der Waals surface area (Å²) in [5, 5.41) is 0.651. The predicted octanol–water partition coefficient (Wildman–Crippen LogP) is 4.53. The Morgan fingerprint density at radius 1 is 0.743 bits per heavy atom. The molecular weight excluding hydrogens is 468 g/mol. The number of methoxy groups -OCH3 is 2. The van der Waals surface area contributed by atoms with E-state index in [2.05, 4.69) is 0 Å². The third-order valence-electron chi connectivity index (χ3n) is 5.83. The number of piperazine rings is 1. The summed E-state index contributed by atoms with van der Waals surface area (Å²) >= 11 is 6.03. The molecule has 0 radical (unpaired) electrons. The maximum atomic E-state index is 13.1. The molecule has 3 aromatic rings. The monoisotopic (exact) mass is 494 g/mol. The maximum absolute atomic E-state index is 13.1. The van der Waals surface area contributed by atoms with Gasteiger partial charge in [-0.15, -0.1) is 0 Å². The zero-order valence-electron chi connectivity index (χ0n) is 19.7. The van der Waals surface area contributed by atoms with E-state index < -0.39 is 0 Å². The SMILES string of the molecule is COc1cc(OC)cc(C(=O)N2CCN(C(=O)c3cccc(OCc4cccc(Cl)c4)c3)CC2)c1. The first-order chi connectivity index (χ1) is 17.0. The van der Waals surface area contributed by atoms with E-state index in [-0.39, 0.29) is 11.8 Å². The van der Waals surface area contributed by atoms with Gasteiger partial charge in [-0.25, -0.2) is 0 Å². The summed E-state index contributed by atoms with van der Waals surface area (Å²) in [5.74, 6) is 1.51. The molecule has 7 nitrogen and oxygen atoms in total. The van der Waals surface area contributed by atoms with E-state index in [4.69, 9.17) is 25.8 Å². The number of rotatable bonds is 7. The van der Waals surface area contributed by atoms with Crippen molar-refractivity contribution in [2.75, 3.05) is 40.4 Å². The molecule has 35 heavy (non-hydrogen) atoms. The quantitative estimate of drug-likeness (QED) is 0.482. The van der Waals surface area contributed by atoms with E-state index >= 15 is 0 Å². The molecule has 0 spiro atoms. The van der Waals surface area contributed by atoms with Gasteiger partial charge in [0, 0.05) is 48.4 Å². The highest BCUT2D eigenvalue weighted by Gasteiger charge is 2.26. The van der Waals surface area contributed by atoms with Crippen LogP contribution in [0.25, 0.3) is 0 Å². The Bertz CT molecular complexity index is 1190. The summed E-state index contributed by atoms with van der Waals surface area (Å²) in [7, 11) is 3.09. The molecule has 0 atom stereocenters. The van der Waals surface area contributed by atoms with Crippen molar-refractivity contribution in [2.24, 2.45) is 0 Å². The standard InChI is InChI=1S/C27H27ClN2O5/c1-33-24-15-21(16-25(17-24)34-2)27(32)30-11-9-29(10-12-30)26(31)20-6-4-8-23(14-20)35-18-19-5-3-7-22(28)13-19/h3-8,13-17H,9-12,18H2,1-2H3. The van der Waals surface area contributed by atoms with Crippen LogP contribution in [0.2, 0.25) is 5.02 Å². The van der Waals surface area contributed by atoms with Gasteiger partial charge >= 0.3 is 0 Å². The minimum atomic E-state index is -0.120. The second-order valence-corrected chi connectivity index (χ2v) is 8.57. The number of hydrogen-bond donors (Lipinski definition) is 0. The van der Waals surface area contributed by atoms with Crippen LogP contribution in [0, 0.1) is 0 Å². The zero-order chi connectivity index (χ0) is 24.8. The first kappa shape index (κ1) is 24.4. The molecule has 0 unspecified atom stereocenters. The molecule has 4 rings (SSSR count). The van der Waals surface area contributed by atoms with Crippen LogP contribution >= 0.6 is 11.6 Å². The van der Waals surface area contributed by atoms with Crippen molar-refractivity contribution < 1.29 is 23.8 Å². The summed E-state index contributed by atoms with van der Waals surface area (Å²) in [5.41, 5.74) is 1.99. The predicted molar refractivity (Wildman–Crippen MR) is 134 cm³/mol. The number of benzene rings is 3. The van der Waals surface area contributed by atoms with Crippen LogP contribution < -0.4 is 14.2 Å². The number of carbonyl (C=O) groups is 2. The van der Waals surface area contributed by atoms with Crippen molar-refractivity contribution in [3.8, 4) is 17.2 Å². The smallest absolute Gasteiger partial charge is 0.254 e. The number of carbonyl (C=O) groups excluding carboxylic acids is 2. The van der Waals surface area contributed by atoms with E-state index in [1.807, 2.05) is 30.3 Å². The maximum Gasteiger partial charge on any atom is 0.254 e. The molecule has 1 heterocycles. The van der Waals surface area contributed by atoms with Gasteiger partial charge in [0.2, 0.25) is 0 Å². The van der Waals surface area contributed by atoms with Gasteiger partial charge in [-0.2, -0.15) is 0 Å². The van der Waals surface area contributed by atoms with Crippen LogP contribution in [0.4, 0.5) is 0 Å². The van der Waals surface area contributed by atoms with E-state index in [9.17, 15) is 9.59 Å². The van der Waals surface area contributed by atoms with Gasteiger partial charge in [0.1, 0.15) is 23.9 Å². The Morgan fingerprint density at radius 2 is 1.31 bits per heavy atom. The highest BCUT2D eigenvalue weighted by Crippen LogP contribution is 2.24. The molecule has 1 fully saturated rings. The van der Waals surface area contributed by atoms with E-state index in [0.29, 0.717) is 66.2 Å². The van der Waals surface area contributed by atoms with Gasteiger partial charge < -0.3 is 24.0 Å². The molecule has 1 aliphatic heterocycles. The fraction of sp³-hybridized carbons (Fsp3) is 0.259. The second-order valence-electron chi connectivity index (χ2n) is 8.13. The number of halogens is 1. The highest BCUT2D eigenvalue weighted by atomic mass is 35.5. The molecule has 3 aromatic carbocycles. The van der Waals surface area contributed by atoms with Crippen molar-refractivity contribution in [1.29, 1.82) is 0 Å². The van der Waals surface area contributed by atoms with Gasteiger partial charge in [0.15, 0.2) is 0 Å². The molecule has 0 aliphatic carbocycles. The Morgan fingerprint density at radius 3 is 1.91 bits per heavy atom. The molecule has 0 bridgehead atoms. The van der Waals surface area contributed by atoms with Gasteiger partial charge in [0.05, 0.1) is 14.2 Å². The Kier molecular flexibility index (Phi) is 7.77. The molecule has 1 aliphatic rings. The van der Waals surface area contributed by atoms with Crippen molar-refractivity contribution in [3.63, 3.8) is 0 Å². The van der Waals surface area contributed by atoms with Crippen LogP contribution in [-0.2, 0) is 6.61 Å². The number of ether oxygens (including phenoxy) is 3. The molecule has 8 heteroatoms. The van der Waals surface area contributed by atoms with E-state index in [1.54, 1.807) is 60.4 Å². The van der Waals surface area contributed by atoms with E-state index in [0.717, 1.165) is 5.56 Å². The molecule has 0 aromatic heterocycles. The first-order valence-electron chi connectivity index (χ1n) is 11.3. The number of hydrogen-bond acceptors (Lipinski definition) is 5. The lowest BCUT2D eigenvalue weighted by atomic mass is 10.1.